The molecule has 3 rings (SSSR count). The van der Waals surface area contributed by atoms with Crippen molar-refractivity contribution in [2.24, 2.45) is 0 Å². The molecule has 6 nitrogen and oxygen atoms in total. The summed E-state index contributed by atoms with van der Waals surface area (Å²) in [6.07, 6.45) is 1.38. The van der Waals surface area contributed by atoms with E-state index >= 15 is 0 Å². The number of benzene rings is 1. The van der Waals surface area contributed by atoms with Gasteiger partial charge in [0, 0.05) is 41.8 Å². The third kappa shape index (κ3) is 5.77. The van der Waals surface area contributed by atoms with E-state index in [1.165, 1.54) is 12.1 Å². The zero-order valence-electron chi connectivity index (χ0n) is 18.0. The number of alkyl halides is 3. The number of nitrogens with one attached hydrogen (secondary N) is 2. The van der Waals surface area contributed by atoms with Gasteiger partial charge in [-0.05, 0) is 69.9 Å². The smallest absolute Gasteiger partial charge is 0.382 e. The summed E-state index contributed by atoms with van der Waals surface area (Å²) >= 11 is 0. The Bertz CT molecular complexity index is 964. The minimum atomic E-state index is -4.59. The summed E-state index contributed by atoms with van der Waals surface area (Å²) in [6, 6.07) is 8.65. The molecule has 1 aromatic carbocycles. The van der Waals surface area contributed by atoms with Crippen LogP contribution in [-0.4, -0.2) is 34.0 Å². The van der Waals surface area contributed by atoms with Crippen molar-refractivity contribution in [2.45, 2.75) is 63.8 Å². The number of amides is 1. The predicted octanol–water partition coefficient (Wildman–Crippen LogP) is 4.75. The van der Waals surface area contributed by atoms with Gasteiger partial charge in [0.05, 0.1) is 17.2 Å². The van der Waals surface area contributed by atoms with Crippen molar-refractivity contribution in [1.82, 2.24) is 15.4 Å². The number of rotatable bonds is 6. The SMILES string of the molecule is CC(C)NN(C(=O)c1ccncc1)C1CCC(Nc2ccc(C#N)c(C(F)(F)F)c2)CC1. The molecule has 0 saturated heterocycles. The molecule has 170 valence electrons. The number of hydrogen-bond acceptors (Lipinski definition) is 5. The number of carbonyl (C=O) groups is 1. The van der Waals surface area contributed by atoms with Crippen LogP contribution in [0.25, 0.3) is 0 Å². The summed E-state index contributed by atoms with van der Waals surface area (Å²) in [4.78, 5) is 17.0. The highest BCUT2D eigenvalue weighted by atomic mass is 19.4. The third-order valence-corrected chi connectivity index (χ3v) is 5.42. The van der Waals surface area contributed by atoms with E-state index in [-0.39, 0.29) is 24.0 Å². The van der Waals surface area contributed by atoms with Crippen LogP contribution in [0.15, 0.2) is 42.7 Å². The molecule has 1 heterocycles. The molecule has 1 aliphatic rings. The Morgan fingerprint density at radius 2 is 1.81 bits per heavy atom. The fourth-order valence-corrected chi connectivity index (χ4v) is 3.92. The van der Waals surface area contributed by atoms with Gasteiger partial charge in [-0.3, -0.25) is 14.8 Å². The van der Waals surface area contributed by atoms with Gasteiger partial charge in [0.1, 0.15) is 0 Å². The van der Waals surface area contributed by atoms with Crippen LogP contribution in [0.5, 0.6) is 0 Å². The zero-order valence-corrected chi connectivity index (χ0v) is 18.0. The van der Waals surface area contributed by atoms with Crippen LogP contribution in [0, 0.1) is 11.3 Å². The second kappa shape index (κ2) is 10.0. The number of aromatic nitrogens is 1. The van der Waals surface area contributed by atoms with Gasteiger partial charge >= 0.3 is 6.18 Å². The molecule has 0 aliphatic heterocycles. The highest BCUT2D eigenvalue weighted by Crippen LogP contribution is 2.34. The molecular formula is C23H26F3N5O. The lowest BCUT2D eigenvalue weighted by molar-refractivity contribution is -0.137. The van der Waals surface area contributed by atoms with Crippen molar-refractivity contribution in [3.63, 3.8) is 0 Å². The van der Waals surface area contributed by atoms with Crippen LogP contribution in [0.2, 0.25) is 0 Å². The fraction of sp³-hybridized carbons (Fsp3) is 0.435. The van der Waals surface area contributed by atoms with Crippen molar-refractivity contribution in [3.05, 3.63) is 59.4 Å². The number of hydrogen-bond donors (Lipinski definition) is 2. The molecule has 32 heavy (non-hydrogen) atoms. The van der Waals surface area contributed by atoms with Gasteiger partial charge in [-0.2, -0.15) is 18.4 Å². The van der Waals surface area contributed by atoms with E-state index in [4.69, 9.17) is 5.26 Å². The van der Waals surface area contributed by atoms with E-state index in [0.717, 1.165) is 6.07 Å². The largest absolute Gasteiger partial charge is 0.417 e. The Balaban J connectivity index is 1.67. The van der Waals surface area contributed by atoms with Crippen LogP contribution >= 0.6 is 0 Å². The first-order valence-corrected chi connectivity index (χ1v) is 10.6. The number of halogens is 3. The lowest BCUT2D eigenvalue weighted by atomic mass is 9.90. The molecule has 9 heteroatoms. The van der Waals surface area contributed by atoms with Gasteiger partial charge in [0.15, 0.2) is 0 Å². The van der Waals surface area contributed by atoms with Gasteiger partial charge in [0.25, 0.3) is 5.91 Å². The predicted molar refractivity (Wildman–Crippen MR) is 115 cm³/mol. The topological polar surface area (TPSA) is 81.1 Å². The number of carbonyl (C=O) groups excluding carboxylic acids is 1. The highest BCUT2D eigenvalue weighted by molar-refractivity contribution is 5.94. The minimum absolute atomic E-state index is 0.0165. The first-order valence-electron chi connectivity index (χ1n) is 10.6. The molecule has 1 aliphatic carbocycles. The summed E-state index contributed by atoms with van der Waals surface area (Å²) in [5.41, 5.74) is 2.79. The number of nitriles is 1. The molecule has 2 N–H and O–H groups in total. The molecule has 0 radical (unpaired) electrons. The molecule has 0 atom stereocenters. The number of hydrazine groups is 1. The first kappa shape index (κ1) is 23.5. The molecule has 0 spiro atoms. The summed E-state index contributed by atoms with van der Waals surface area (Å²) < 4.78 is 39.7. The second-order valence-electron chi connectivity index (χ2n) is 8.21. The molecule has 1 aromatic heterocycles. The molecule has 1 saturated carbocycles. The van der Waals surface area contributed by atoms with E-state index in [1.807, 2.05) is 13.8 Å². The molecule has 2 aromatic rings. The maximum absolute atomic E-state index is 13.2. The lowest BCUT2D eigenvalue weighted by Gasteiger charge is -2.38. The lowest BCUT2D eigenvalue weighted by Crippen LogP contribution is -2.53. The van der Waals surface area contributed by atoms with Gasteiger partial charge < -0.3 is 5.32 Å². The van der Waals surface area contributed by atoms with E-state index in [0.29, 0.717) is 36.9 Å². The molecule has 1 fully saturated rings. The third-order valence-electron chi connectivity index (χ3n) is 5.42. The molecule has 1 amide bonds. The maximum Gasteiger partial charge on any atom is 0.417 e. The maximum atomic E-state index is 13.2. The normalized spacial score (nSPS) is 18.8. The van der Waals surface area contributed by atoms with Crippen molar-refractivity contribution in [2.75, 3.05) is 5.32 Å². The molecular weight excluding hydrogens is 419 g/mol. The van der Waals surface area contributed by atoms with Gasteiger partial charge in [0.2, 0.25) is 0 Å². The summed E-state index contributed by atoms with van der Waals surface area (Å²) in [6.45, 7) is 3.92. The Morgan fingerprint density at radius 3 is 2.38 bits per heavy atom. The van der Waals surface area contributed by atoms with Crippen LogP contribution in [0.3, 0.4) is 0 Å². The summed E-state index contributed by atoms with van der Waals surface area (Å²) in [7, 11) is 0. The summed E-state index contributed by atoms with van der Waals surface area (Å²) in [5, 5.41) is 13.8. The average Bonchev–Trinajstić information content (AvgIpc) is 2.77. The van der Waals surface area contributed by atoms with Crippen molar-refractivity contribution in [3.8, 4) is 6.07 Å². The first-order chi connectivity index (χ1) is 15.2. The molecule has 0 unspecified atom stereocenters. The van der Waals surface area contributed by atoms with Crippen molar-refractivity contribution >= 4 is 11.6 Å². The Labute approximate surface area is 185 Å². The Kier molecular flexibility index (Phi) is 7.36. The Hall–Kier alpha value is -3.12. The monoisotopic (exact) mass is 445 g/mol. The van der Waals surface area contributed by atoms with Crippen molar-refractivity contribution < 1.29 is 18.0 Å². The van der Waals surface area contributed by atoms with Crippen LogP contribution in [0.4, 0.5) is 18.9 Å². The number of anilines is 1. The number of nitrogens with zero attached hydrogens (tertiary/aromatic N) is 3. The van der Waals surface area contributed by atoms with Crippen LogP contribution < -0.4 is 10.7 Å². The highest BCUT2D eigenvalue weighted by Gasteiger charge is 2.34. The minimum Gasteiger partial charge on any atom is -0.382 e. The quantitative estimate of drug-likeness (QED) is 0.627. The van der Waals surface area contributed by atoms with E-state index < -0.39 is 17.3 Å². The van der Waals surface area contributed by atoms with Gasteiger partial charge in [-0.25, -0.2) is 5.43 Å². The Morgan fingerprint density at radius 1 is 1.16 bits per heavy atom. The van der Waals surface area contributed by atoms with E-state index in [9.17, 15) is 18.0 Å². The van der Waals surface area contributed by atoms with Gasteiger partial charge in [-0.1, -0.05) is 0 Å². The molecule has 0 bridgehead atoms. The van der Waals surface area contributed by atoms with E-state index in [2.05, 4.69) is 15.7 Å². The van der Waals surface area contributed by atoms with Crippen LogP contribution in [0.1, 0.15) is 61.0 Å². The fourth-order valence-electron chi connectivity index (χ4n) is 3.92. The second-order valence-corrected chi connectivity index (χ2v) is 8.21. The standard InChI is InChI=1S/C23H26F3N5O/c1-15(2)30-31(22(32)16-9-11-28-12-10-16)20-7-5-18(6-8-20)29-19-4-3-17(14-27)21(13-19)23(24,25)26/h3-4,9-13,15,18,20,29-30H,5-8H2,1-2H3. The van der Waals surface area contributed by atoms with E-state index in [1.54, 1.807) is 35.6 Å². The average molecular weight is 445 g/mol. The van der Waals surface area contributed by atoms with Gasteiger partial charge in [-0.15, -0.1) is 0 Å². The number of pyridine rings is 1. The zero-order chi connectivity index (χ0) is 23.3. The van der Waals surface area contributed by atoms with Crippen molar-refractivity contribution in [1.29, 1.82) is 5.26 Å². The summed E-state index contributed by atoms with van der Waals surface area (Å²) in [5.74, 6) is -0.126. The van der Waals surface area contributed by atoms with Crippen LogP contribution in [-0.2, 0) is 6.18 Å².